The molecule has 0 aromatic carbocycles. The molecule has 0 spiro atoms. The topological polar surface area (TPSA) is 136 Å². The molecule has 3 N–H and O–H groups in total. The highest BCUT2D eigenvalue weighted by molar-refractivity contribution is 5.75. The van der Waals surface area contributed by atoms with Crippen LogP contribution in [0.2, 0.25) is 0 Å². The number of imidazole rings is 1. The highest BCUT2D eigenvalue weighted by atomic mass is 16.6. The number of rotatable bonds is 5. The molecule has 0 amide bonds. The third kappa shape index (κ3) is 2.88. The molecule has 4 atom stereocenters. The molecule has 26 heavy (non-hydrogen) atoms. The molecule has 4 heterocycles. The van der Waals surface area contributed by atoms with Gasteiger partial charge in [0.1, 0.15) is 24.6 Å². The van der Waals surface area contributed by atoms with Gasteiger partial charge < -0.3 is 24.8 Å². The highest BCUT2D eigenvalue weighted by Gasteiger charge is 2.46. The minimum absolute atomic E-state index is 0.209. The molecule has 10 heteroatoms. The van der Waals surface area contributed by atoms with Gasteiger partial charge in [0.2, 0.25) is 5.88 Å². The molecule has 10 nitrogen and oxygen atoms in total. The Bertz CT molecular complexity index is 889. The number of aromatic hydroxyl groups is 1. The number of aliphatic hydroxyl groups excluding tert-OH is 2. The Hall–Kier alpha value is -2.66. The Balaban J connectivity index is 1.64. The summed E-state index contributed by atoms with van der Waals surface area (Å²) >= 11 is 0. The molecule has 4 rings (SSSR count). The fourth-order valence-electron chi connectivity index (χ4n) is 2.97. The Morgan fingerprint density at radius 1 is 1.27 bits per heavy atom. The van der Waals surface area contributed by atoms with Crippen molar-refractivity contribution >= 4 is 11.2 Å². The first-order valence-electron chi connectivity index (χ1n) is 8.00. The second-order valence-corrected chi connectivity index (χ2v) is 5.90. The number of aliphatic hydroxyl groups is 2. The normalized spacial score (nSPS) is 25.8. The fourth-order valence-corrected chi connectivity index (χ4v) is 2.97. The number of ether oxygens (including phenoxy) is 2. The van der Waals surface area contributed by atoms with Crippen molar-refractivity contribution in [3.05, 3.63) is 42.7 Å². The Labute approximate surface area is 147 Å². The van der Waals surface area contributed by atoms with Crippen molar-refractivity contribution in [3.63, 3.8) is 0 Å². The largest absolute Gasteiger partial charge is 0.492 e. The van der Waals surface area contributed by atoms with Gasteiger partial charge in [-0.1, -0.05) is 6.07 Å². The maximum absolute atomic E-state index is 10.5. The van der Waals surface area contributed by atoms with Gasteiger partial charge in [0.15, 0.2) is 17.4 Å². The van der Waals surface area contributed by atoms with Crippen LogP contribution >= 0.6 is 0 Å². The van der Waals surface area contributed by atoms with Crippen LogP contribution in [0.25, 0.3) is 11.2 Å². The van der Waals surface area contributed by atoms with Crippen LogP contribution in [-0.2, 0) is 16.1 Å². The highest BCUT2D eigenvalue weighted by Crippen LogP contribution is 2.34. The SMILES string of the molecule is OC[C@H]1O[C@@H](n2cnc3c(O)ncnc32)[C@H](OCc2cccnc2)[C@@H]1O. The van der Waals surface area contributed by atoms with Crippen LogP contribution in [0.4, 0.5) is 0 Å². The third-order valence-corrected chi connectivity index (χ3v) is 4.27. The number of hydrogen-bond donors (Lipinski definition) is 3. The summed E-state index contributed by atoms with van der Waals surface area (Å²) in [6.07, 6.45) is 2.54. The lowest BCUT2D eigenvalue weighted by Crippen LogP contribution is -2.35. The van der Waals surface area contributed by atoms with Crippen molar-refractivity contribution < 1.29 is 24.8 Å². The lowest BCUT2D eigenvalue weighted by molar-refractivity contribution is -0.0761. The summed E-state index contributed by atoms with van der Waals surface area (Å²) in [5.41, 5.74) is 1.38. The van der Waals surface area contributed by atoms with Gasteiger partial charge in [-0.3, -0.25) is 9.55 Å². The zero-order chi connectivity index (χ0) is 18.1. The van der Waals surface area contributed by atoms with Gasteiger partial charge in [-0.15, -0.1) is 0 Å². The summed E-state index contributed by atoms with van der Waals surface area (Å²) in [6, 6.07) is 3.64. The molecule has 1 fully saturated rings. The number of fused-ring (bicyclic) bond motifs is 1. The maximum Gasteiger partial charge on any atom is 0.242 e. The molecule has 0 aliphatic carbocycles. The number of nitrogens with zero attached hydrogens (tertiary/aromatic N) is 5. The lowest BCUT2D eigenvalue weighted by atomic mass is 10.1. The summed E-state index contributed by atoms with van der Waals surface area (Å²) in [6.45, 7) is -0.155. The molecule has 3 aromatic rings. The molecule has 0 unspecified atom stereocenters. The van der Waals surface area contributed by atoms with E-state index in [0.717, 1.165) is 5.56 Å². The Morgan fingerprint density at radius 2 is 2.15 bits per heavy atom. The van der Waals surface area contributed by atoms with E-state index < -0.39 is 24.5 Å². The zero-order valence-electron chi connectivity index (χ0n) is 13.6. The van der Waals surface area contributed by atoms with Crippen LogP contribution < -0.4 is 0 Å². The lowest BCUT2D eigenvalue weighted by Gasteiger charge is -2.22. The van der Waals surface area contributed by atoms with E-state index in [0.29, 0.717) is 5.65 Å². The van der Waals surface area contributed by atoms with E-state index in [1.807, 2.05) is 6.07 Å². The second-order valence-electron chi connectivity index (χ2n) is 5.90. The zero-order valence-corrected chi connectivity index (χ0v) is 13.6. The van der Waals surface area contributed by atoms with Gasteiger partial charge in [0.05, 0.1) is 19.5 Å². The minimum atomic E-state index is -1.05. The summed E-state index contributed by atoms with van der Waals surface area (Å²) < 4.78 is 13.2. The van der Waals surface area contributed by atoms with Crippen LogP contribution in [0.1, 0.15) is 11.8 Å². The van der Waals surface area contributed by atoms with Crippen LogP contribution in [0.15, 0.2) is 37.2 Å². The first-order valence-corrected chi connectivity index (χ1v) is 8.00. The molecule has 136 valence electrons. The first-order chi connectivity index (χ1) is 12.7. The van der Waals surface area contributed by atoms with Crippen molar-refractivity contribution in [2.45, 2.75) is 31.1 Å². The molecule has 1 saturated heterocycles. The molecule has 0 saturated carbocycles. The Kier molecular flexibility index (Phi) is 4.47. The predicted octanol–water partition coefficient (Wildman–Crippen LogP) is -0.237. The molecule has 0 bridgehead atoms. The Morgan fingerprint density at radius 3 is 2.92 bits per heavy atom. The first kappa shape index (κ1) is 16.8. The summed E-state index contributed by atoms with van der Waals surface area (Å²) in [4.78, 5) is 15.9. The van der Waals surface area contributed by atoms with E-state index in [1.165, 1.54) is 12.7 Å². The quantitative estimate of drug-likeness (QED) is 0.564. The summed E-state index contributed by atoms with van der Waals surface area (Å²) in [5.74, 6) is -0.251. The molecular formula is C16H17N5O5. The number of hydrogen-bond acceptors (Lipinski definition) is 9. The van der Waals surface area contributed by atoms with E-state index >= 15 is 0 Å². The van der Waals surface area contributed by atoms with Gasteiger partial charge in [-0.05, 0) is 11.6 Å². The molecule has 1 aliphatic rings. The van der Waals surface area contributed by atoms with Crippen molar-refractivity contribution in [1.82, 2.24) is 24.5 Å². The average Bonchev–Trinajstić information content (AvgIpc) is 3.23. The number of aromatic nitrogens is 5. The van der Waals surface area contributed by atoms with Crippen LogP contribution in [0.5, 0.6) is 5.88 Å². The van der Waals surface area contributed by atoms with Crippen molar-refractivity contribution in [1.29, 1.82) is 0 Å². The van der Waals surface area contributed by atoms with E-state index in [1.54, 1.807) is 23.0 Å². The van der Waals surface area contributed by atoms with Gasteiger partial charge in [-0.2, -0.15) is 4.98 Å². The minimum Gasteiger partial charge on any atom is -0.492 e. The standard InChI is InChI=1S/C16H17N5O5/c22-5-10-12(23)13(25-6-9-2-1-3-17-4-9)16(26-10)21-8-20-11-14(21)18-7-19-15(11)24/h1-4,7-8,10,12-13,16,22-23H,5-6H2,(H,18,19,24)/t10-,12-,13-,16-/m1/s1. The molecule has 3 aromatic heterocycles. The van der Waals surface area contributed by atoms with Crippen LogP contribution in [0, 0.1) is 0 Å². The van der Waals surface area contributed by atoms with E-state index in [-0.39, 0.29) is 24.6 Å². The molecule has 1 aliphatic heterocycles. The monoisotopic (exact) mass is 359 g/mol. The predicted molar refractivity (Wildman–Crippen MR) is 86.8 cm³/mol. The second kappa shape index (κ2) is 6.92. The van der Waals surface area contributed by atoms with Gasteiger partial charge >= 0.3 is 0 Å². The van der Waals surface area contributed by atoms with Gasteiger partial charge in [-0.25, -0.2) is 9.97 Å². The van der Waals surface area contributed by atoms with E-state index in [4.69, 9.17) is 9.47 Å². The third-order valence-electron chi connectivity index (χ3n) is 4.27. The number of pyridine rings is 1. The maximum atomic E-state index is 10.5. The summed E-state index contributed by atoms with van der Waals surface area (Å²) in [5, 5.41) is 29.8. The fraction of sp³-hybridized carbons (Fsp3) is 0.375. The smallest absolute Gasteiger partial charge is 0.242 e. The average molecular weight is 359 g/mol. The van der Waals surface area contributed by atoms with E-state index in [9.17, 15) is 15.3 Å². The van der Waals surface area contributed by atoms with Crippen molar-refractivity contribution in [2.75, 3.05) is 6.61 Å². The van der Waals surface area contributed by atoms with E-state index in [2.05, 4.69) is 19.9 Å². The van der Waals surface area contributed by atoms with Gasteiger partial charge in [0.25, 0.3) is 0 Å². The van der Waals surface area contributed by atoms with Crippen molar-refractivity contribution in [2.24, 2.45) is 0 Å². The van der Waals surface area contributed by atoms with Crippen molar-refractivity contribution in [3.8, 4) is 5.88 Å². The molecular weight excluding hydrogens is 342 g/mol. The van der Waals surface area contributed by atoms with Crippen LogP contribution in [0.3, 0.4) is 0 Å². The van der Waals surface area contributed by atoms with Crippen LogP contribution in [-0.4, -0.2) is 64.7 Å². The molecule has 0 radical (unpaired) electrons. The van der Waals surface area contributed by atoms with Gasteiger partial charge in [0, 0.05) is 12.4 Å². The summed E-state index contributed by atoms with van der Waals surface area (Å²) in [7, 11) is 0.